The third kappa shape index (κ3) is 4.43. The van der Waals surface area contributed by atoms with Crippen molar-refractivity contribution in [1.29, 1.82) is 0 Å². The Hall–Kier alpha value is -4.33. The first-order chi connectivity index (χ1) is 21.7. The molecule has 0 bridgehead atoms. The molecule has 5 heterocycles. The summed E-state index contributed by atoms with van der Waals surface area (Å²) in [5.41, 5.74) is 1.36. The van der Waals surface area contributed by atoms with Gasteiger partial charge in [-0.1, -0.05) is 6.92 Å². The lowest BCUT2D eigenvalue weighted by molar-refractivity contribution is -0.184. The molecule has 3 atom stereocenters. The highest BCUT2D eigenvalue weighted by molar-refractivity contribution is 5.94. The minimum atomic E-state index is -4.98. The first kappa shape index (κ1) is 30.3. The largest absolute Gasteiger partial charge is 0.471 e. The molecule has 1 aliphatic carbocycles. The molecule has 0 radical (unpaired) electrons. The summed E-state index contributed by atoms with van der Waals surface area (Å²) in [5.74, 6) is -4.07. The molecule has 0 unspecified atom stereocenters. The number of hydrogen-bond donors (Lipinski definition) is 2. The van der Waals surface area contributed by atoms with Gasteiger partial charge in [0.2, 0.25) is 5.91 Å². The van der Waals surface area contributed by atoms with Crippen LogP contribution < -0.4 is 10.9 Å². The number of nitrogens with zero attached hydrogens (tertiary/aromatic N) is 3. The number of halogens is 4. The van der Waals surface area contributed by atoms with E-state index in [0.29, 0.717) is 51.8 Å². The number of carbonyl (C=O) groups is 3. The monoisotopic (exact) mass is 642 g/mol. The molecular formula is C32H30F4N4O6. The minimum Gasteiger partial charge on any atom is -0.458 e. The summed E-state index contributed by atoms with van der Waals surface area (Å²) >= 11 is 0. The number of rotatable bonds is 4. The van der Waals surface area contributed by atoms with E-state index in [-0.39, 0.29) is 56.6 Å². The number of aliphatic hydroxyl groups is 1. The van der Waals surface area contributed by atoms with Crippen molar-refractivity contribution in [3.63, 3.8) is 0 Å². The smallest absolute Gasteiger partial charge is 0.458 e. The second-order valence-electron chi connectivity index (χ2n) is 12.6. The second kappa shape index (κ2) is 10.3. The number of alkyl halides is 3. The molecule has 46 heavy (non-hydrogen) atoms. The van der Waals surface area contributed by atoms with E-state index in [1.165, 1.54) is 10.6 Å². The van der Waals surface area contributed by atoms with Gasteiger partial charge in [-0.15, -0.1) is 0 Å². The number of aryl methyl sites for hydroxylation is 1. The molecule has 242 valence electrons. The van der Waals surface area contributed by atoms with Gasteiger partial charge in [-0.3, -0.25) is 14.4 Å². The van der Waals surface area contributed by atoms with E-state index >= 15 is 4.39 Å². The van der Waals surface area contributed by atoms with Crippen LogP contribution in [0.5, 0.6) is 0 Å². The Kier molecular flexibility index (Phi) is 6.82. The molecule has 0 spiro atoms. The fraction of sp³-hybridized carbons (Fsp3) is 0.469. The van der Waals surface area contributed by atoms with Gasteiger partial charge >= 0.3 is 18.1 Å². The van der Waals surface area contributed by atoms with Crippen LogP contribution in [-0.4, -0.2) is 56.6 Å². The van der Waals surface area contributed by atoms with E-state index < -0.39 is 52.9 Å². The molecule has 7 rings (SSSR count). The maximum Gasteiger partial charge on any atom is 0.471 e. The van der Waals surface area contributed by atoms with Crippen LogP contribution in [0.1, 0.15) is 72.0 Å². The van der Waals surface area contributed by atoms with Gasteiger partial charge in [-0.2, -0.15) is 13.2 Å². The van der Waals surface area contributed by atoms with Crippen LogP contribution in [0.25, 0.3) is 22.3 Å². The third-order valence-corrected chi connectivity index (χ3v) is 10.0. The van der Waals surface area contributed by atoms with E-state index in [1.807, 2.05) is 0 Å². The van der Waals surface area contributed by atoms with Crippen molar-refractivity contribution in [1.82, 2.24) is 19.8 Å². The second-order valence-corrected chi connectivity index (χ2v) is 12.6. The number of fused-ring (bicyclic) bond motifs is 5. The standard InChI is InChI=1S/C32H30F4N4O6/c1-3-31(45)19-9-23-27-17(12-40(23)28(42)18(19)13-46-30(31)44)26-21(5-4-16-14(2)20(33)10-22(38-27)25(16)26)37-24(41)8-15-6-7-39(11-15)29(43)32(34,35)36/h9-10,15,21,45H,3-8,11-13H2,1-2H3,(H,37,41)/t15-,21-,31-/m0/s1. The minimum absolute atomic E-state index is 0.0317. The number of ether oxygens (including phenoxy) is 1. The summed E-state index contributed by atoms with van der Waals surface area (Å²) in [5, 5.41) is 14.9. The molecule has 14 heteroatoms. The average molecular weight is 643 g/mol. The normalized spacial score (nSPS) is 23.2. The zero-order valence-corrected chi connectivity index (χ0v) is 25.0. The third-order valence-electron chi connectivity index (χ3n) is 10.0. The first-order valence-electron chi connectivity index (χ1n) is 15.2. The topological polar surface area (TPSA) is 131 Å². The fourth-order valence-corrected chi connectivity index (χ4v) is 7.58. The fourth-order valence-electron chi connectivity index (χ4n) is 7.58. The Labute approximate surface area is 259 Å². The van der Waals surface area contributed by atoms with Crippen LogP contribution in [0.2, 0.25) is 0 Å². The van der Waals surface area contributed by atoms with E-state index in [1.54, 1.807) is 19.9 Å². The number of likely N-dealkylation sites (tertiary alicyclic amines) is 1. The van der Waals surface area contributed by atoms with Crippen LogP contribution in [0.15, 0.2) is 16.9 Å². The van der Waals surface area contributed by atoms with E-state index in [0.717, 1.165) is 10.5 Å². The highest BCUT2D eigenvalue weighted by Gasteiger charge is 2.47. The number of benzene rings is 1. The maximum absolute atomic E-state index is 15.1. The molecule has 1 fully saturated rings. The zero-order chi connectivity index (χ0) is 32.9. The molecule has 10 nitrogen and oxygen atoms in total. The summed E-state index contributed by atoms with van der Waals surface area (Å²) in [7, 11) is 0. The zero-order valence-electron chi connectivity index (χ0n) is 25.0. The SMILES string of the molecule is CC[C@@]1(O)C(=O)OCc2c1cc1n(c2=O)Cc2c-1nc1cc(F)c(C)c3c1c2[C@@H](NC(=O)C[C@@H]1CCN(C(=O)C(F)(F)F)C1)CC3. The maximum atomic E-state index is 15.1. The lowest BCUT2D eigenvalue weighted by Crippen LogP contribution is -2.44. The van der Waals surface area contributed by atoms with E-state index in [9.17, 15) is 37.5 Å². The van der Waals surface area contributed by atoms with Gasteiger partial charge in [0.05, 0.1) is 35.1 Å². The van der Waals surface area contributed by atoms with Crippen LogP contribution in [0, 0.1) is 18.7 Å². The van der Waals surface area contributed by atoms with Gasteiger partial charge in [0, 0.05) is 42.1 Å². The van der Waals surface area contributed by atoms with Crippen molar-refractivity contribution in [2.24, 2.45) is 5.92 Å². The first-order valence-corrected chi connectivity index (χ1v) is 15.2. The van der Waals surface area contributed by atoms with Gasteiger partial charge in [0.25, 0.3) is 5.56 Å². The molecular weight excluding hydrogens is 612 g/mol. The lowest BCUT2D eigenvalue weighted by atomic mass is 9.81. The number of aromatic nitrogens is 2. The Morgan fingerprint density at radius 3 is 2.65 bits per heavy atom. The predicted octanol–water partition coefficient (Wildman–Crippen LogP) is 3.43. The van der Waals surface area contributed by atoms with E-state index in [2.05, 4.69) is 5.32 Å². The average Bonchev–Trinajstić information content (AvgIpc) is 3.62. The van der Waals surface area contributed by atoms with Crippen molar-refractivity contribution in [2.45, 2.75) is 76.9 Å². The number of carbonyl (C=O) groups excluding carboxylic acids is 3. The van der Waals surface area contributed by atoms with Gasteiger partial charge in [-0.05, 0) is 61.3 Å². The molecule has 2 amide bonds. The Balaban J connectivity index is 1.28. The van der Waals surface area contributed by atoms with E-state index in [4.69, 9.17) is 9.72 Å². The predicted molar refractivity (Wildman–Crippen MR) is 154 cm³/mol. The molecule has 1 aromatic carbocycles. The molecule has 3 aliphatic heterocycles. The van der Waals surface area contributed by atoms with Crippen molar-refractivity contribution < 1.29 is 41.8 Å². The number of cyclic esters (lactones) is 1. The highest BCUT2D eigenvalue weighted by atomic mass is 19.4. The number of pyridine rings is 2. The lowest BCUT2D eigenvalue weighted by Gasteiger charge is -2.31. The van der Waals surface area contributed by atoms with Gasteiger partial charge < -0.3 is 24.6 Å². The highest BCUT2D eigenvalue weighted by Crippen LogP contribution is 2.46. The molecule has 0 saturated carbocycles. The van der Waals surface area contributed by atoms with Crippen LogP contribution in [0.3, 0.4) is 0 Å². The van der Waals surface area contributed by atoms with Gasteiger partial charge in [0.15, 0.2) is 5.60 Å². The number of nitrogens with one attached hydrogen (secondary N) is 1. The number of esters is 1. The summed E-state index contributed by atoms with van der Waals surface area (Å²) in [4.78, 5) is 56.8. The Morgan fingerprint density at radius 1 is 1.17 bits per heavy atom. The quantitative estimate of drug-likeness (QED) is 0.258. The molecule has 2 N–H and O–H groups in total. The van der Waals surface area contributed by atoms with Crippen LogP contribution >= 0.6 is 0 Å². The molecule has 4 aliphatic rings. The number of hydrogen-bond acceptors (Lipinski definition) is 7. The van der Waals surface area contributed by atoms with Gasteiger partial charge in [0.1, 0.15) is 12.4 Å². The van der Waals surface area contributed by atoms with Crippen molar-refractivity contribution in [3.8, 4) is 11.4 Å². The molecule has 2 aromatic heterocycles. The van der Waals surface area contributed by atoms with Crippen LogP contribution in [0.4, 0.5) is 17.6 Å². The number of amides is 2. The summed E-state index contributed by atoms with van der Waals surface area (Å²) < 4.78 is 60.5. The van der Waals surface area contributed by atoms with Crippen molar-refractivity contribution in [2.75, 3.05) is 13.1 Å². The molecule has 1 saturated heterocycles. The summed E-state index contributed by atoms with van der Waals surface area (Å²) in [6, 6.07) is 2.30. The summed E-state index contributed by atoms with van der Waals surface area (Å²) in [6.45, 7) is 2.79. The molecule has 3 aromatic rings. The Bertz CT molecular complexity index is 1940. The van der Waals surface area contributed by atoms with Gasteiger partial charge in [-0.25, -0.2) is 14.2 Å². The van der Waals surface area contributed by atoms with Crippen molar-refractivity contribution >= 4 is 28.7 Å². The summed E-state index contributed by atoms with van der Waals surface area (Å²) in [6.07, 6.45) is -4.00. The Morgan fingerprint density at radius 2 is 1.93 bits per heavy atom. The van der Waals surface area contributed by atoms with Crippen LogP contribution in [-0.2, 0) is 44.3 Å². The van der Waals surface area contributed by atoms with Crippen molar-refractivity contribution in [3.05, 3.63) is 61.7 Å².